The van der Waals surface area contributed by atoms with Crippen molar-refractivity contribution < 1.29 is 75.9 Å². The van der Waals surface area contributed by atoms with E-state index in [-0.39, 0.29) is 46.0 Å². The van der Waals surface area contributed by atoms with Gasteiger partial charge in [-0.05, 0) is 25.1 Å². The number of pyridine rings is 1. The maximum absolute atomic E-state index is 13.2. The van der Waals surface area contributed by atoms with E-state index in [1.807, 2.05) is 0 Å². The summed E-state index contributed by atoms with van der Waals surface area (Å²) in [6.45, 7) is 1.48. The minimum Gasteiger partial charge on any atom is -0.731 e. The number of amides is 2. The molecule has 40 heavy (non-hydrogen) atoms. The molecule has 0 bridgehead atoms. The molecule has 2 aromatic carbocycles. The van der Waals surface area contributed by atoms with Gasteiger partial charge in [-0.3, -0.25) is 14.4 Å². The first kappa shape index (κ1) is 29.4. The number of hydrogen-bond acceptors (Lipinski definition) is 11. The van der Waals surface area contributed by atoms with E-state index < -0.39 is 58.0 Å². The van der Waals surface area contributed by atoms with Gasteiger partial charge in [0.2, 0.25) is 18.4 Å². The van der Waals surface area contributed by atoms with Crippen molar-refractivity contribution in [2.45, 2.75) is 25.7 Å². The fourth-order valence-corrected chi connectivity index (χ4v) is 4.92. The molecule has 1 unspecified atom stereocenters. The molecule has 1 saturated heterocycles. The molecule has 1 fully saturated rings. The Morgan fingerprint density at radius 2 is 1.80 bits per heavy atom. The molecule has 2 amide bonds. The third-order valence-corrected chi connectivity index (χ3v) is 6.90. The predicted octanol–water partition coefficient (Wildman–Crippen LogP) is -2.90. The van der Waals surface area contributed by atoms with Gasteiger partial charge in [-0.2, -0.15) is 0 Å². The summed E-state index contributed by atoms with van der Waals surface area (Å²) in [6.07, 6.45) is -0.817. The van der Waals surface area contributed by atoms with Crippen LogP contribution in [0.1, 0.15) is 17.3 Å². The van der Waals surface area contributed by atoms with Gasteiger partial charge in [0.15, 0.2) is 34.5 Å². The number of hydrogen-bond donors (Lipinski definition) is 1. The molecular weight excluding hydrogens is 561 g/mol. The SMILES string of the molecule is CCn1cc(C(=O)OC2[C@H](NC(=O)COc3ccccc3)C(=O)N2S(=O)(=O)[O-])c(=O)c2cc3c(cc21)OCO3.[Na+]. The van der Waals surface area contributed by atoms with Crippen LogP contribution in [0, 0.1) is 0 Å². The van der Waals surface area contributed by atoms with Gasteiger partial charge in [-0.25, -0.2) is 17.5 Å². The van der Waals surface area contributed by atoms with Gasteiger partial charge < -0.3 is 33.4 Å². The maximum atomic E-state index is 13.2. The maximum Gasteiger partial charge on any atom is 1.00 e. The minimum atomic E-state index is -5.42. The second-order valence-corrected chi connectivity index (χ2v) is 9.66. The number of aromatic nitrogens is 1. The van der Waals surface area contributed by atoms with Crippen molar-refractivity contribution in [1.82, 2.24) is 14.2 Å². The summed E-state index contributed by atoms with van der Waals surface area (Å²) in [4.78, 5) is 51.0. The molecule has 0 aliphatic carbocycles. The normalized spacial score (nSPS) is 17.6. The van der Waals surface area contributed by atoms with E-state index in [1.54, 1.807) is 47.9 Å². The van der Waals surface area contributed by atoms with Crippen LogP contribution >= 0.6 is 0 Å². The molecule has 3 heterocycles. The summed E-state index contributed by atoms with van der Waals surface area (Å²) >= 11 is 0. The average molecular weight is 581 g/mol. The third kappa shape index (κ3) is 5.51. The first-order chi connectivity index (χ1) is 18.6. The molecule has 5 rings (SSSR count). The number of esters is 1. The van der Waals surface area contributed by atoms with Crippen LogP contribution in [-0.2, 0) is 31.2 Å². The van der Waals surface area contributed by atoms with E-state index in [9.17, 15) is 32.1 Å². The number of aryl methyl sites for hydroxylation is 1. The molecule has 0 spiro atoms. The van der Waals surface area contributed by atoms with Gasteiger partial charge in [-0.1, -0.05) is 18.2 Å². The van der Waals surface area contributed by atoms with Crippen molar-refractivity contribution >= 4 is 39.0 Å². The average Bonchev–Trinajstić information content (AvgIpc) is 3.37. The number of carbonyl (C=O) groups is 3. The first-order valence-corrected chi connectivity index (χ1v) is 12.9. The number of β-lactam (4-membered cyclic amide) rings is 1. The van der Waals surface area contributed by atoms with Gasteiger partial charge in [0.25, 0.3) is 11.8 Å². The Balaban J connectivity index is 0.00000370. The number of nitrogens with one attached hydrogen (secondary N) is 1. The number of fused-ring (bicyclic) bond motifs is 2. The van der Waals surface area contributed by atoms with Crippen molar-refractivity contribution in [1.29, 1.82) is 0 Å². The fourth-order valence-electron chi connectivity index (χ4n) is 4.16. The molecule has 3 aromatic rings. The topological polar surface area (TPSA) is 183 Å². The monoisotopic (exact) mass is 581 g/mol. The Morgan fingerprint density at radius 3 is 2.45 bits per heavy atom. The fraction of sp³-hybridized carbons (Fsp3) is 0.250. The van der Waals surface area contributed by atoms with Gasteiger partial charge in [0.05, 0.1) is 10.9 Å². The van der Waals surface area contributed by atoms with Crippen molar-refractivity contribution in [3.8, 4) is 17.2 Å². The zero-order valence-electron chi connectivity index (χ0n) is 21.2. The van der Waals surface area contributed by atoms with Crippen LogP contribution in [0.15, 0.2) is 53.5 Å². The van der Waals surface area contributed by atoms with Crippen molar-refractivity contribution in [2.24, 2.45) is 0 Å². The molecular formula is C24H20N3NaO11S. The number of rotatable bonds is 8. The summed E-state index contributed by atoms with van der Waals surface area (Å²) in [6, 6.07) is 9.52. The number of para-hydroxylation sites is 1. The molecule has 0 radical (unpaired) electrons. The molecule has 14 nitrogen and oxygen atoms in total. The quantitative estimate of drug-likeness (QED) is 0.125. The molecule has 0 saturated carbocycles. The van der Waals surface area contributed by atoms with Crippen molar-refractivity contribution in [3.63, 3.8) is 0 Å². The van der Waals surface area contributed by atoms with E-state index >= 15 is 0 Å². The van der Waals surface area contributed by atoms with Crippen molar-refractivity contribution in [2.75, 3.05) is 13.4 Å². The zero-order valence-corrected chi connectivity index (χ0v) is 24.0. The Morgan fingerprint density at radius 1 is 1.12 bits per heavy atom. The standard InChI is InChI=1S/C24H21N3O11S.Na/c1-2-26-10-15(21(29)14-8-17-18(9-16(14)26)37-12-36-17)24(31)38-23-20(22(30)27(23)39(32,33)34)25-19(28)11-35-13-6-4-3-5-7-13;/h3-10,20,23H,2,11-12H2,1H3,(H,25,28)(H,32,33,34);/q;+1/p-1/t20-,23?;/m1./s1. The van der Waals surface area contributed by atoms with Gasteiger partial charge in [0, 0.05) is 18.8 Å². The summed E-state index contributed by atoms with van der Waals surface area (Å²) in [7, 11) is -5.42. The van der Waals surface area contributed by atoms with Crippen LogP contribution in [0.3, 0.4) is 0 Å². The number of ether oxygens (including phenoxy) is 4. The van der Waals surface area contributed by atoms with E-state index in [2.05, 4.69) is 5.32 Å². The summed E-state index contributed by atoms with van der Waals surface area (Å²) in [5.74, 6) is -2.41. The van der Waals surface area contributed by atoms with E-state index in [4.69, 9.17) is 18.9 Å². The second kappa shape index (κ2) is 11.5. The summed E-state index contributed by atoms with van der Waals surface area (Å²) in [5, 5.41) is 2.28. The van der Waals surface area contributed by atoms with Crippen LogP contribution in [0.4, 0.5) is 0 Å². The Hall–Kier alpha value is -3.63. The number of carbonyl (C=O) groups excluding carboxylic acids is 3. The largest absolute Gasteiger partial charge is 1.00 e. The van der Waals surface area contributed by atoms with Crippen LogP contribution in [0.5, 0.6) is 17.2 Å². The summed E-state index contributed by atoms with van der Waals surface area (Å²) < 4.78 is 57.4. The first-order valence-electron chi connectivity index (χ1n) is 11.5. The Labute approximate surface area is 248 Å². The van der Waals surface area contributed by atoms with Crippen LogP contribution < -0.4 is 54.5 Å². The van der Waals surface area contributed by atoms with Crippen LogP contribution in [-0.4, -0.2) is 65.3 Å². The van der Waals surface area contributed by atoms with Gasteiger partial charge in [-0.15, -0.1) is 0 Å². The van der Waals surface area contributed by atoms with E-state index in [1.165, 1.54) is 12.3 Å². The molecule has 16 heteroatoms. The predicted molar refractivity (Wildman–Crippen MR) is 130 cm³/mol. The Bertz CT molecular complexity index is 1660. The van der Waals surface area contributed by atoms with Crippen LogP contribution in [0.2, 0.25) is 0 Å². The number of nitrogens with zero attached hydrogens (tertiary/aromatic N) is 2. The van der Waals surface area contributed by atoms with Gasteiger partial charge >= 0.3 is 35.5 Å². The zero-order chi connectivity index (χ0) is 27.9. The van der Waals surface area contributed by atoms with Gasteiger partial charge in [0.1, 0.15) is 11.3 Å². The molecule has 1 aromatic heterocycles. The smallest absolute Gasteiger partial charge is 0.731 e. The third-order valence-electron chi connectivity index (χ3n) is 6.03. The second-order valence-electron chi connectivity index (χ2n) is 8.42. The molecule has 204 valence electrons. The van der Waals surface area contributed by atoms with Crippen LogP contribution in [0.25, 0.3) is 10.9 Å². The van der Waals surface area contributed by atoms with Crippen molar-refractivity contribution in [3.05, 3.63) is 64.4 Å². The van der Waals surface area contributed by atoms with E-state index in [0.717, 1.165) is 0 Å². The molecule has 2 aliphatic heterocycles. The molecule has 1 N–H and O–H groups in total. The number of benzene rings is 2. The molecule has 2 atom stereocenters. The van der Waals surface area contributed by atoms with E-state index in [0.29, 0.717) is 29.3 Å². The Kier molecular flexibility index (Phi) is 8.41. The minimum absolute atomic E-state index is 0. The summed E-state index contributed by atoms with van der Waals surface area (Å²) in [5.41, 5.74) is -0.824. The molecule has 2 aliphatic rings.